The second-order valence-corrected chi connectivity index (χ2v) is 3.69. The minimum atomic E-state index is -0.171. The van der Waals surface area contributed by atoms with Crippen molar-refractivity contribution in [3.8, 4) is 11.5 Å². The average Bonchev–Trinajstić information content (AvgIpc) is 2.29. The van der Waals surface area contributed by atoms with Gasteiger partial charge in [0.15, 0.2) is 17.3 Å². The largest absolute Gasteiger partial charge is 0.504 e. The van der Waals surface area contributed by atoms with Crippen molar-refractivity contribution < 1.29 is 15.4 Å². The summed E-state index contributed by atoms with van der Waals surface area (Å²) in [4.78, 5) is 0. The van der Waals surface area contributed by atoms with E-state index >= 15 is 0 Å². The molecule has 2 rings (SSSR count). The summed E-state index contributed by atoms with van der Waals surface area (Å²) in [7, 11) is 0. The summed E-state index contributed by atoms with van der Waals surface area (Å²) in [6.07, 6.45) is 3.07. The number of aryl methyl sites for hydroxylation is 1. The molecule has 5 heteroatoms. The number of oxime groups is 1. The Morgan fingerprint density at radius 2 is 1.88 bits per heavy atom. The van der Waals surface area contributed by atoms with Gasteiger partial charge in [-0.25, -0.2) is 0 Å². The standard InChI is InChI=1S/C11H12N2O3/c12-11(13-16)7-2-1-6-4-9(14)10(15)5-8(6)3-7/h3-5,14-16H,1-2H2,(H2,12,13). The number of phenolic OH excluding ortho intramolecular Hbond substituents is 2. The molecule has 0 atom stereocenters. The highest BCUT2D eigenvalue weighted by atomic mass is 16.4. The first-order chi connectivity index (χ1) is 7.61. The van der Waals surface area contributed by atoms with Gasteiger partial charge in [-0.1, -0.05) is 5.16 Å². The van der Waals surface area contributed by atoms with Crippen LogP contribution in [-0.4, -0.2) is 21.3 Å². The molecule has 0 saturated carbocycles. The molecule has 16 heavy (non-hydrogen) atoms. The fourth-order valence-electron chi connectivity index (χ4n) is 1.78. The molecule has 0 heterocycles. The van der Waals surface area contributed by atoms with Crippen molar-refractivity contribution in [3.05, 3.63) is 28.8 Å². The monoisotopic (exact) mass is 220 g/mol. The molecule has 0 unspecified atom stereocenters. The average molecular weight is 220 g/mol. The molecule has 0 spiro atoms. The van der Waals surface area contributed by atoms with E-state index in [1.54, 1.807) is 6.08 Å². The number of fused-ring (bicyclic) bond motifs is 1. The Bertz CT molecular complexity index is 492. The molecule has 0 aromatic heterocycles. The predicted molar refractivity (Wildman–Crippen MR) is 59.5 cm³/mol. The summed E-state index contributed by atoms with van der Waals surface area (Å²) in [5.41, 5.74) is 7.93. The minimum Gasteiger partial charge on any atom is -0.504 e. The van der Waals surface area contributed by atoms with Crippen LogP contribution in [0.2, 0.25) is 0 Å². The minimum absolute atomic E-state index is 0.0817. The molecule has 1 aliphatic carbocycles. The second kappa shape index (κ2) is 3.77. The number of benzene rings is 1. The topological polar surface area (TPSA) is 99.1 Å². The maximum atomic E-state index is 9.37. The Hall–Kier alpha value is -2.17. The molecule has 1 aliphatic rings. The van der Waals surface area contributed by atoms with Crippen molar-refractivity contribution in [2.24, 2.45) is 10.9 Å². The summed E-state index contributed by atoms with van der Waals surface area (Å²) in [6, 6.07) is 3.00. The van der Waals surface area contributed by atoms with Crippen LogP contribution in [0, 0.1) is 0 Å². The predicted octanol–water partition coefficient (Wildman–Crippen LogP) is 1.17. The highest BCUT2D eigenvalue weighted by molar-refractivity contribution is 6.01. The summed E-state index contributed by atoms with van der Waals surface area (Å²) < 4.78 is 0. The lowest BCUT2D eigenvalue weighted by Gasteiger charge is -2.16. The van der Waals surface area contributed by atoms with E-state index in [1.165, 1.54) is 12.1 Å². The van der Waals surface area contributed by atoms with E-state index in [0.29, 0.717) is 12.8 Å². The highest BCUT2D eigenvalue weighted by Crippen LogP contribution is 2.33. The zero-order chi connectivity index (χ0) is 11.7. The Kier molecular flexibility index (Phi) is 2.44. The number of rotatable bonds is 1. The third-order valence-electron chi connectivity index (χ3n) is 2.67. The van der Waals surface area contributed by atoms with Crippen LogP contribution in [0.3, 0.4) is 0 Å². The van der Waals surface area contributed by atoms with E-state index in [-0.39, 0.29) is 17.3 Å². The summed E-state index contributed by atoms with van der Waals surface area (Å²) in [5, 5.41) is 30.2. The van der Waals surface area contributed by atoms with Gasteiger partial charge < -0.3 is 21.2 Å². The number of amidine groups is 1. The molecule has 0 fully saturated rings. The van der Waals surface area contributed by atoms with Crippen LogP contribution in [0.1, 0.15) is 17.5 Å². The van der Waals surface area contributed by atoms with E-state index in [9.17, 15) is 10.2 Å². The lowest BCUT2D eigenvalue weighted by atomic mass is 9.91. The summed E-state index contributed by atoms with van der Waals surface area (Å²) in [6.45, 7) is 0. The summed E-state index contributed by atoms with van der Waals surface area (Å²) >= 11 is 0. The Morgan fingerprint density at radius 3 is 2.56 bits per heavy atom. The van der Waals surface area contributed by atoms with Gasteiger partial charge in [-0.3, -0.25) is 0 Å². The quantitative estimate of drug-likeness (QED) is 0.188. The van der Waals surface area contributed by atoms with Gasteiger partial charge in [0.05, 0.1) is 0 Å². The van der Waals surface area contributed by atoms with Crippen molar-refractivity contribution in [2.45, 2.75) is 12.8 Å². The van der Waals surface area contributed by atoms with Crippen molar-refractivity contribution >= 4 is 11.9 Å². The lowest BCUT2D eigenvalue weighted by molar-refractivity contribution is 0.318. The Balaban J connectivity index is 2.48. The van der Waals surface area contributed by atoms with Gasteiger partial charge in [0.1, 0.15) is 0 Å². The van der Waals surface area contributed by atoms with Crippen molar-refractivity contribution in [3.63, 3.8) is 0 Å². The maximum absolute atomic E-state index is 9.37. The molecule has 0 saturated heterocycles. The van der Waals surface area contributed by atoms with E-state index in [0.717, 1.165) is 16.7 Å². The van der Waals surface area contributed by atoms with Gasteiger partial charge in [0.2, 0.25) is 0 Å². The molecule has 1 aromatic rings. The number of phenols is 2. The SMILES string of the molecule is N/C(=N\O)C1=Cc2cc(O)c(O)cc2CC1. The molecule has 0 aliphatic heterocycles. The number of hydrogen-bond donors (Lipinski definition) is 4. The first kappa shape index (κ1) is 10.4. The van der Waals surface area contributed by atoms with Gasteiger partial charge in [-0.2, -0.15) is 0 Å². The van der Waals surface area contributed by atoms with Crippen LogP contribution in [0.4, 0.5) is 0 Å². The van der Waals surface area contributed by atoms with Gasteiger partial charge in [-0.15, -0.1) is 0 Å². The number of nitrogens with zero attached hydrogens (tertiary/aromatic N) is 1. The number of aromatic hydroxyl groups is 2. The zero-order valence-corrected chi connectivity index (χ0v) is 8.51. The van der Waals surface area contributed by atoms with E-state index in [1.807, 2.05) is 0 Å². The molecule has 5 N–H and O–H groups in total. The molecular weight excluding hydrogens is 208 g/mol. The first-order valence-electron chi connectivity index (χ1n) is 4.85. The van der Waals surface area contributed by atoms with Crippen LogP contribution < -0.4 is 5.73 Å². The zero-order valence-electron chi connectivity index (χ0n) is 8.51. The molecule has 0 radical (unpaired) electrons. The van der Waals surface area contributed by atoms with Crippen LogP contribution in [-0.2, 0) is 6.42 Å². The van der Waals surface area contributed by atoms with Crippen LogP contribution in [0.5, 0.6) is 11.5 Å². The van der Waals surface area contributed by atoms with Crippen LogP contribution >= 0.6 is 0 Å². The normalized spacial score (nSPS) is 15.5. The van der Waals surface area contributed by atoms with Crippen molar-refractivity contribution in [2.75, 3.05) is 0 Å². The van der Waals surface area contributed by atoms with Gasteiger partial charge in [0, 0.05) is 0 Å². The van der Waals surface area contributed by atoms with Gasteiger partial charge >= 0.3 is 0 Å². The maximum Gasteiger partial charge on any atom is 0.166 e. The Labute approximate surface area is 92.1 Å². The van der Waals surface area contributed by atoms with Crippen LogP contribution in [0.15, 0.2) is 22.9 Å². The fourth-order valence-corrected chi connectivity index (χ4v) is 1.78. The van der Waals surface area contributed by atoms with E-state index < -0.39 is 0 Å². The molecular formula is C11H12N2O3. The third kappa shape index (κ3) is 1.67. The van der Waals surface area contributed by atoms with Crippen molar-refractivity contribution in [1.82, 2.24) is 0 Å². The number of nitrogens with two attached hydrogens (primary N) is 1. The number of hydrogen-bond acceptors (Lipinski definition) is 4. The third-order valence-corrected chi connectivity index (χ3v) is 2.67. The fraction of sp³-hybridized carbons (Fsp3) is 0.182. The second-order valence-electron chi connectivity index (χ2n) is 3.69. The lowest BCUT2D eigenvalue weighted by Crippen LogP contribution is -2.17. The first-order valence-corrected chi connectivity index (χ1v) is 4.85. The molecule has 1 aromatic carbocycles. The van der Waals surface area contributed by atoms with Gasteiger partial charge in [0.25, 0.3) is 0 Å². The smallest absolute Gasteiger partial charge is 0.166 e. The molecule has 0 bridgehead atoms. The molecule has 84 valence electrons. The van der Waals surface area contributed by atoms with E-state index in [2.05, 4.69) is 5.16 Å². The van der Waals surface area contributed by atoms with Gasteiger partial charge in [-0.05, 0) is 47.8 Å². The van der Waals surface area contributed by atoms with Crippen molar-refractivity contribution in [1.29, 1.82) is 0 Å². The molecule has 5 nitrogen and oxygen atoms in total. The summed E-state index contributed by atoms with van der Waals surface area (Å²) in [5.74, 6) is -0.214. The highest BCUT2D eigenvalue weighted by Gasteiger charge is 2.15. The van der Waals surface area contributed by atoms with Crippen LogP contribution in [0.25, 0.3) is 6.08 Å². The van der Waals surface area contributed by atoms with E-state index in [4.69, 9.17) is 10.9 Å². The Morgan fingerprint density at radius 1 is 1.19 bits per heavy atom. The molecule has 0 amide bonds.